The van der Waals surface area contributed by atoms with Crippen molar-refractivity contribution in [2.45, 2.75) is 174 Å². The summed E-state index contributed by atoms with van der Waals surface area (Å²) in [5, 5.41) is 23.8. The number of aromatic hydroxyl groups is 1. The van der Waals surface area contributed by atoms with Crippen molar-refractivity contribution in [1.29, 1.82) is 0 Å². The van der Waals surface area contributed by atoms with Crippen LogP contribution in [0.3, 0.4) is 0 Å². The largest absolute Gasteiger partial charge is 0.506 e. The summed E-state index contributed by atoms with van der Waals surface area (Å²) in [4.78, 5) is 53.8. The molecule has 1 spiro atoms. The zero-order valence-corrected chi connectivity index (χ0v) is 37.2. The van der Waals surface area contributed by atoms with E-state index in [0.717, 1.165) is 69.8 Å². The average molecular weight is 826 g/mol. The molecular formula is C50H67NO9. The standard InChI is InChI=1S/C50H67NO9/c1-31(2)19-18-25-48(8)26-24-35-41(54)40-42(55)37-29-34-30-38-47(6,7)60-49(45(34)56,50(37,38)59-44(40)36(43(35)58-48)22-21-32(3)4)27-23-33(5)46(57)51-28-17-15-13-11-9-10-12-14-16-20-39(52)53/h19,21,23-24,26,29,34,38,54H,9-18,20,22,25,27-28,30H2,1-8H3,(H,51,57)(H,52,53)/b33-23-. The van der Waals surface area contributed by atoms with Gasteiger partial charge in [-0.2, -0.15) is 0 Å². The number of amides is 1. The number of Topliss-reactive ketones (excluding diaryl/α,β-unsaturated/α-hetero) is 2. The Kier molecular flexibility index (Phi) is 13.4. The summed E-state index contributed by atoms with van der Waals surface area (Å²) in [6.45, 7) is 16.4. The highest BCUT2D eigenvalue weighted by atomic mass is 16.6. The number of rotatable bonds is 20. The van der Waals surface area contributed by atoms with Crippen LogP contribution in [0.25, 0.3) is 6.08 Å². The Bertz CT molecular complexity index is 2040. The Labute approximate surface area is 356 Å². The minimum Gasteiger partial charge on any atom is -0.506 e. The Hall–Kier alpha value is -4.44. The third-order valence-electron chi connectivity index (χ3n) is 13.4. The predicted octanol–water partition coefficient (Wildman–Crippen LogP) is 10.3. The highest BCUT2D eigenvalue weighted by Gasteiger charge is 2.81. The molecule has 326 valence electrons. The maximum Gasteiger partial charge on any atom is 0.303 e. The first-order valence-electron chi connectivity index (χ1n) is 22.3. The van der Waals surface area contributed by atoms with Crippen molar-refractivity contribution in [2.75, 3.05) is 6.54 Å². The third kappa shape index (κ3) is 8.55. The lowest BCUT2D eigenvalue weighted by Gasteiger charge is -2.56. The number of ketones is 2. The second kappa shape index (κ2) is 17.9. The molecule has 10 nitrogen and oxygen atoms in total. The molecule has 7 rings (SSSR count). The summed E-state index contributed by atoms with van der Waals surface area (Å²) in [7, 11) is 0. The number of carbonyl (C=O) groups excluding carboxylic acids is 3. The lowest BCUT2D eigenvalue weighted by atomic mass is 9.51. The van der Waals surface area contributed by atoms with Gasteiger partial charge in [-0.1, -0.05) is 80.4 Å². The minimum atomic E-state index is -1.59. The molecule has 6 aliphatic rings. The number of ether oxygens (including phenoxy) is 3. The molecule has 1 aromatic rings. The number of unbranched alkanes of at least 4 members (excludes halogenated alkanes) is 8. The Morgan fingerprint density at radius 2 is 1.52 bits per heavy atom. The molecule has 1 saturated carbocycles. The van der Waals surface area contributed by atoms with Crippen molar-refractivity contribution in [3.05, 3.63) is 69.4 Å². The number of carboxylic acid groups (broad SMARTS) is 1. The van der Waals surface area contributed by atoms with E-state index in [0.29, 0.717) is 53.8 Å². The number of allylic oxidation sites excluding steroid dienone is 5. The van der Waals surface area contributed by atoms with Gasteiger partial charge in [0.1, 0.15) is 28.4 Å². The Morgan fingerprint density at radius 1 is 0.867 bits per heavy atom. The molecule has 3 heterocycles. The van der Waals surface area contributed by atoms with Gasteiger partial charge in [-0.3, -0.25) is 19.2 Å². The van der Waals surface area contributed by atoms with E-state index in [9.17, 15) is 19.5 Å². The van der Waals surface area contributed by atoms with Crippen molar-refractivity contribution in [3.8, 4) is 17.2 Å². The van der Waals surface area contributed by atoms with E-state index >= 15 is 4.79 Å². The fraction of sp³-hybridized carbons (Fsp3) is 0.600. The predicted molar refractivity (Wildman–Crippen MR) is 233 cm³/mol. The number of carbonyl (C=O) groups is 4. The van der Waals surface area contributed by atoms with E-state index in [1.807, 2.05) is 46.8 Å². The van der Waals surface area contributed by atoms with Gasteiger partial charge in [-0.15, -0.1) is 0 Å². The number of carboxylic acids is 1. The summed E-state index contributed by atoms with van der Waals surface area (Å²) in [6.07, 6.45) is 23.2. The van der Waals surface area contributed by atoms with Crippen LogP contribution in [0.2, 0.25) is 0 Å². The van der Waals surface area contributed by atoms with Gasteiger partial charge in [-0.05, 0) is 106 Å². The van der Waals surface area contributed by atoms with Gasteiger partial charge in [-0.25, -0.2) is 0 Å². The molecular weight excluding hydrogens is 759 g/mol. The maximum atomic E-state index is 15.0. The first-order valence-corrected chi connectivity index (χ1v) is 22.3. The number of hydrogen-bond donors (Lipinski definition) is 3. The summed E-state index contributed by atoms with van der Waals surface area (Å²) in [5.41, 5.74) is -0.363. The topological polar surface area (TPSA) is 148 Å². The smallest absolute Gasteiger partial charge is 0.303 e. The third-order valence-corrected chi connectivity index (χ3v) is 13.4. The molecule has 1 aromatic carbocycles. The molecule has 3 N–H and O–H groups in total. The van der Waals surface area contributed by atoms with E-state index in [1.54, 1.807) is 19.1 Å². The summed E-state index contributed by atoms with van der Waals surface area (Å²) in [6, 6.07) is 0. The Balaban J connectivity index is 1.25. The van der Waals surface area contributed by atoms with Crippen LogP contribution in [0.4, 0.5) is 0 Å². The fourth-order valence-electron chi connectivity index (χ4n) is 10.2. The zero-order valence-electron chi connectivity index (χ0n) is 37.2. The van der Waals surface area contributed by atoms with Crippen LogP contribution >= 0.6 is 0 Å². The van der Waals surface area contributed by atoms with E-state index in [-0.39, 0.29) is 53.3 Å². The van der Waals surface area contributed by atoms with Gasteiger partial charge in [0.15, 0.2) is 22.8 Å². The second-order valence-corrected chi connectivity index (χ2v) is 19.0. The quantitative estimate of drug-likeness (QED) is 0.0664. The van der Waals surface area contributed by atoms with E-state index in [1.165, 1.54) is 5.57 Å². The normalized spacial score (nSPS) is 26.6. The number of hydrogen-bond acceptors (Lipinski definition) is 8. The summed E-state index contributed by atoms with van der Waals surface area (Å²) in [5.74, 6) is -1.92. The van der Waals surface area contributed by atoms with E-state index in [2.05, 4.69) is 31.3 Å². The van der Waals surface area contributed by atoms with E-state index in [4.69, 9.17) is 19.3 Å². The van der Waals surface area contributed by atoms with Crippen LogP contribution < -0.4 is 14.8 Å². The molecule has 0 radical (unpaired) electrons. The molecule has 2 fully saturated rings. The van der Waals surface area contributed by atoms with Gasteiger partial charge in [0, 0.05) is 47.9 Å². The van der Waals surface area contributed by atoms with Crippen molar-refractivity contribution in [2.24, 2.45) is 11.8 Å². The number of phenolic OH excluding ortho intramolecular Hbond substituents is 1. The average Bonchev–Trinajstić information content (AvgIpc) is 3.33. The minimum absolute atomic E-state index is 0.0413. The molecule has 5 atom stereocenters. The zero-order chi connectivity index (χ0) is 43.6. The van der Waals surface area contributed by atoms with Crippen LogP contribution in [0, 0.1) is 11.8 Å². The Morgan fingerprint density at radius 3 is 2.17 bits per heavy atom. The van der Waals surface area contributed by atoms with Crippen molar-refractivity contribution < 1.29 is 43.6 Å². The van der Waals surface area contributed by atoms with Crippen LogP contribution in [-0.2, 0) is 25.5 Å². The number of nitrogens with one attached hydrogen (secondary N) is 1. The highest BCUT2D eigenvalue weighted by Crippen LogP contribution is 2.68. The van der Waals surface area contributed by atoms with Gasteiger partial charge >= 0.3 is 5.97 Å². The SMILES string of the molecule is CC(C)=CCCC1(C)C=Cc2c(O)c3c(c(CC=C(C)C)c2O1)OC12C(=CC4CC1C(C)(C)OC2(C/C=C(/C)C(=O)NCCCCCCCCCCCC(=O)O)C4=O)C3=O. The monoisotopic (exact) mass is 825 g/mol. The van der Waals surface area contributed by atoms with E-state index < -0.39 is 34.3 Å². The maximum absolute atomic E-state index is 15.0. The first kappa shape index (κ1) is 45.1. The number of benzene rings is 1. The van der Waals surface area contributed by atoms with Crippen LogP contribution in [-0.4, -0.2) is 62.6 Å². The highest BCUT2D eigenvalue weighted by molar-refractivity contribution is 6.19. The van der Waals surface area contributed by atoms with Crippen LogP contribution in [0.1, 0.15) is 167 Å². The summed E-state index contributed by atoms with van der Waals surface area (Å²) < 4.78 is 21.1. The molecule has 10 heteroatoms. The number of phenols is 1. The number of aliphatic carboxylic acids is 1. The fourth-order valence-corrected chi connectivity index (χ4v) is 10.2. The summed E-state index contributed by atoms with van der Waals surface area (Å²) >= 11 is 0. The molecule has 5 unspecified atom stereocenters. The lowest BCUT2D eigenvalue weighted by Crippen LogP contribution is -2.72. The molecule has 1 amide bonds. The second-order valence-electron chi connectivity index (χ2n) is 19.0. The molecule has 4 bridgehead atoms. The lowest BCUT2D eigenvalue weighted by molar-refractivity contribution is -0.171. The van der Waals surface area contributed by atoms with Gasteiger partial charge < -0.3 is 29.7 Å². The first-order chi connectivity index (χ1) is 28.4. The van der Waals surface area contributed by atoms with Crippen molar-refractivity contribution in [3.63, 3.8) is 0 Å². The van der Waals surface area contributed by atoms with Gasteiger partial charge in [0.05, 0.1) is 11.2 Å². The molecule has 60 heavy (non-hydrogen) atoms. The number of fused-ring (bicyclic) bond motifs is 2. The molecule has 3 aliphatic carbocycles. The van der Waals surface area contributed by atoms with Gasteiger partial charge in [0.2, 0.25) is 5.91 Å². The van der Waals surface area contributed by atoms with Gasteiger partial charge in [0.25, 0.3) is 0 Å². The van der Waals surface area contributed by atoms with Crippen molar-refractivity contribution in [1.82, 2.24) is 5.32 Å². The molecule has 1 saturated heterocycles. The molecule has 0 aromatic heterocycles. The van der Waals surface area contributed by atoms with Crippen LogP contribution in [0.15, 0.2) is 52.7 Å². The van der Waals surface area contributed by atoms with Crippen molar-refractivity contribution >= 4 is 29.5 Å². The van der Waals surface area contributed by atoms with Crippen LogP contribution in [0.5, 0.6) is 17.2 Å². The molecule has 3 aliphatic heterocycles.